The van der Waals surface area contributed by atoms with Gasteiger partial charge in [-0.05, 0) is 52.9 Å². The van der Waals surface area contributed by atoms with Crippen molar-refractivity contribution in [3.05, 3.63) is 28.2 Å². The molecule has 0 atom stereocenters. The Bertz CT molecular complexity index is 624. The van der Waals surface area contributed by atoms with E-state index in [0.29, 0.717) is 4.47 Å². The Balaban J connectivity index is 2.09. The Kier molecular flexibility index (Phi) is 5.27. The Hall–Kier alpha value is -1.08. The lowest BCUT2D eigenvalue weighted by Crippen LogP contribution is -2.24. The number of halogens is 1. The van der Waals surface area contributed by atoms with Crippen molar-refractivity contribution in [2.45, 2.75) is 32.1 Å². The Morgan fingerprint density at radius 3 is 2.57 bits per heavy atom. The highest BCUT2D eigenvalue weighted by Gasteiger charge is 2.21. The number of aromatic carboxylic acids is 1. The molecule has 0 aliphatic heterocycles. The van der Waals surface area contributed by atoms with Gasteiger partial charge in [0, 0.05) is 10.2 Å². The first-order valence-corrected chi connectivity index (χ1v) is 9.35. The minimum atomic E-state index is -3.45. The summed E-state index contributed by atoms with van der Waals surface area (Å²) in [5.41, 5.74) is 0.319. The lowest BCUT2D eigenvalue weighted by atomic mass is 9.91. The van der Waals surface area contributed by atoms with Crippen molar-refractivity contribution < 1.29 is 18.3 Å². The molecule has 0 bridgehead atoms. The van der Waals surface area contributed by atoms with Crippen LogP contribution in [0.5, 0.6) is 0 Å². The topological polar surface area (TPSA) is 83.5 Å². The third-order valence-corrected chi connectivity index (χ3v) is 5.80. The largest absolute Gasteiger partial charge is 0.478 e. The molecule has 0 spiro atoms. The Morgan fingerprint density at radius 1 is 1.29 bits per heavy atom. The van der Waals surface area contributed by atoms with E-state index in [1.165, 1.54) is 18.6 Å². The van der Waals surface area contributed by atoms with Crippen LogP contribution in [-0.2, 0) is 10.0 Å². The number of sulfonamides is 1. The SMILES string of the molecule is O=C(O)c1cc(NS(=O)(=O)CC2CCCCC2)ccc1Br. The molecule has 1 aliphatic rings. The number of nitrogens with one attached hydrogen (secondary N) is 1. The van der Waals surface area contributed by atoms with E-state index in [2.05, 4.69) is 20.7 Å². The van der Waals surface area contributed by atoms with Crippen LogP contribution in [0.3, 0.4) is 0 Å². The van der Waals surface area contributed by atoms with Crippen LogP contribution in [0.25, 0.3) is 0 Å². The molecule has 0 radical (unpaired) electrons. The fourth-order valence-corrected chi connectivity index (χ4v) is 4.58. The molecule has 7 heteroatoms. The van der Waals surface area contributed by atoms with Gasteiger partial charge in [-0.15, -0.1) is 0 Å². The average molecular weight is 376 g/mol. The Labute approximate surface area is 132 Å². The third-order valence-electron chi connectivity index (χ3n) is 3.65. The van der Waals surface area contributed by atoms with Crippen LogP contribution in [0.1, 0.15) is 42.5 Å². The standard InChI is InChI=1S/C14H18BrNO4S/c15-13-7-6-11(8-12(13)14(17)18)16-21(19,20)9-10-4-2-1-3-5-10/h6-8,10,16H,1-5,9H2,(H,17,18). The fraction of sp³-hybridized carbons (Fsp3) is 0.500. The van der Waals surface area contributed by atoms with E-state index in [-0.39, 0.29) is 22.9 Å². The first kappa shape index (κ1) is 16.3. The molecule has 0 saturated heterocycles. The van der Waals surface area contributed by atoms with E-state index in [0.717, 1.165) is 25.7 Å². The molecule has 0 aromatic heterocycles. The minimum absolute atomic E-state index is 0.0351. The van der Waals surface area contributed by atoms with Crippen LogP contribution >= 0.6 is 15.9 Å². The zero-order valence-corrected chi connectivity index (χ0v) is 13.9. The van der Waals surface area contributed by atoms with Gasteiger partial charge in [0.05, 0.1) is 11.3 Å². The van der Waals surface area contributed by atoms with Crippen LogP contribution < -0.4 is 4.72 Å². The molecule has 0 unspecified atom stereocenters. The summed E-state index contributed by atoms with van der Waals surface area (Å²) < 4.78 is 27.2. The third kappa shape index (κ3) is 4.71. The highest BCUT2D eigenvalue weighted by Crippen LogP contribution is 2.26. The molecule has 2 rings (SSSR count). The van der Waals surface area contributed by atoms with Crippen molar-refractivity contribution in [2.75, 3.05) is 10.5 Å². The van der Waals surface area contributed by atoms with Crippen molar-refractivity contribution >= 4 is 37.6 Å². The van der Waals surface area contributed by atoms with Crippen LogP contribution in [0, 0.1) is 5.92 Å². The van der Waals surface area contributed by atoms with E-state index in [1.54, 1.807) is 6.07 Å². The summed E-state index contributed by atoms with van der Waals surface area (Å²) in [6.45, 7) is 0. The summed E-state index contributed by atoms with van der Waals surface area (Å²) in [7, 11) is -3.45. The molecular formula is C14H18BrNO4S. The van der Waals surface area contributed by atoms with Crippen molar-refractivity contribution in [1.29, 1.82) is 0 Å². The average Bonchev–Trinajstić information content (AvgIpc) is 2.41. The summed E-state index contributed by atoms with van der Waals surface area (Å²) in [6.07, 6.45) is 5.24. The quantitative estimate of drug-likeness (QED) is 0.824. The fourth-order valence-electron chi connectivity index (χ4n) is 2.64. The summed E-state index contributed by atoms with van der Waals surface area (Å²) >= 11 is 3.13. The number of carboxylic acid groups (broad SMARTS) is 1. The monoisotopic (exact) mass is 375 g/mol. The van der Waals surface area contributed by atoms with Crippen LogP contribution in [0.2, 0.25) is 0 Å². The van der Waals surface area contributed by atoms with Crippen LogP contribution in [0.15, 0.2) is 22.7 Å². The van der Waals surface area contributed by atoms with Gasteiger partial charge in [0.2, 0.25) is 10.0 Å². The van der Waals surface area contributed by atoms with Gasteiger partial charge in [-0.2, -0.15) is 0 Å². The lowest BCUT2D eigenvalue weighted by molar-refractivity contribution is 0.0696. The molecule has 0 amide bonds. The maximum Gasteiger partial charge on any atom is 0.336 e. The van der Waals surface area contributed by atoms with Gasteiger partial charge in [-0.1, -0.05) is 19.3 Å². The minimum Gasteiger partial charge on any atom is -0.478 e. The van der Waals surface area contributed by atoms with E-state index < -0.39 is 16.0 Å². The van der Waals surface area contributed by atoms with E-state index in [9.17, 15) is 13.2 Å². The summed E-state index contributed by atoms with van der Waals surface area (Å²) in [4.78, 5) is 11.0. The highest BCUT2D eigenvalue weighted by atomic mass is 79.9. The Morgan fingerprint density at radius 2 is 1.95 bits per heavy atom. The smallest absolute Gasteiger partial charge is 0.336 e. The normalized spacial score (nSPS) is 16.6. The molecule has 0 heterocycles. The van der Waals surface area contributed by atoms with Gasteiger partial charge >= 0.3 is 5.97 Å². The van der Waals surface area contributed by atoms with Crippen molar-refractivity contribution in [2.24, 2.45) is 5.92 Å². The van der Waals surface area contributed by atoms with Gasteiger partial charge in [0.15, 0.2) is 0 Å². The van der Waals surface area contributed by atoms with Crippen LogP contribution in [0.4, 0.5) is 5.69 Å². The number of carboxylic acids is 1. The van der Waals surface area contributed by atoms with E-state index in [1.807, 2.05) is 0 Å². The molecular weight excluding hydrogens is 358 g/mol. The van der Waals surface area contributed by atoms with E-state index >= 15 is 0 Å². The molecule has 21 heavy (non-hydrogen) atoms. The molecule has 1 aromatic rings. The van der Waals surface area contributed by atoms with Crippen molar-refractivity contribution in [3.63, 3.8) is 0 Å². The predicted octanol–water partition coefficient (Wildman–Crippen LogP) is 3.47. The number of hydrogen-bond donors (Lipinski definition) is 2. The summed E-state index contributed by atoms with van der Waals surface area (Å²) in [5, 5.41) is 9.04. The number of carbonyl (C=O) groups is 1. The zero-order chi connectivity index (χ0) is 15.5. The highest BCUT2D eigenvalue weighted by molar-refractivity contribution is 9.10. The summed E-state index contributed by atoms with van der Waals surface area (Å²) in [5.74, 6) is -0.799. The molecule has 2 N–H and O–H groups in total. The van der Waals surface area contributed by atoms with Gasteiger partial charge in [-0.3, -0.25) is 4.72 Å². The second-order valence-corrected chi connectivity index (χ2v) is 8.01. The number of rotatable bonds is 5. The number of anilines is 1. The molecule has 1 fully saturated rings. The van der Waals surface area contributed by atoms with Gasteiger partial charge in [0.1, 0.15) is 0 Å². The summed E-state index contributed by atoms with van der Waals surface area (Å²) in [6, 6.07) is 4.40. The van der Waals surface area contributed by atoms with Crippen molar-refractivity contribution in [1.82, 2.24) is 0 Å². The first-order chi connectivity index (χ1) is 9.87. The van der Waals surface area contributed by atoms with Crippen LogP contribution in [-0.4, -0.2) is 25.2 Å². The maximum atomic E-state index is 12.2. The molecule has 116 valence electrons. The molecule has 1 aliphatic carbocycles. The lowest BCUT2D eigenvalue weighted by Gasteiger charge is -2.21. The molecule has 5 nitrogen and oxygen atoms in total. The second kappa shape index (κ2) is 6.79. The van der Waals surface area contributed by atoms with Crippen molar-refractivity contribution in [3.8, 4) is 0 Å². The first-order valence-electron chi connectivity index (χ1n) is 6.91. The molecule has 1 aromatic carbocycles. The predicted molar refractivity (Wildman–Crippen MR) is 85.1 cm³/mol. The van der Waals surface area contributed by atoms with E-state index in [4.69, 9.17) is 5.11 Å². The number of hydrogen-bond acceptors (Lipinski definition) is 3. The molecule has 1 saturated carbocycles. The second-order valence-electron chi connectivity index (χ2n) is 5.39. The maximum absolute atomic E-state index is 12.2. The zero-order valence-electron chi connectivity index (χ0n) is 11.5. The van der Waals surface area contributed by atoms with Gasteiger partial charge in [0.25, 0.3) is 0 Å². The van der Waals surface area contributed by atoms with Gasteiger partial charge in [-0.25, -0.2) is 13.2 Å². The van der Waals surface area contributed by atoms with Gasteiger partial charge < -0.3 is 5.11 Å². The number of benzene rings is 1.